The average Bonchev–Trinajstić information content (AvgIpc) is 2.44. The zero-order valence-electron chi connectivity index (χ0n) is 11.0. The van der Waals surface area contributed by atoms with Crippen LogP contribution in [0.25, 0.3) is 0 Å². The van der Waals surface area contributed by atoms with E-state index in [0.29, 0.717) is 12.0 Å². The summed E-state index contributed by atoms with van der Waals surface area (Å²) in [5, 5.41) is 0. The third-order valence-electron chi connectivity index (χ3n) is 3.22. The molecule has 2 aromatic rings. The van der Waals surface area contributed by atoms with Crippen molar-refractivity contribution in [3.05, 3.63) is 68.3 Å². The van der Waals surface area contributed by atoms with Gasteiger partial charge < -0.3 is 0 Å². The van der Waals surface area contributed by atoms with Crippen LogP contribution in [0.15, 0.2) is 36.4 Å². The second-order valence-electron chi connectivity index (χ2n) is 4.64. The molecule has 0 radical (unpaired) electrons. The minimum Gasteiger partial charge on any atom is -0.271 e. The summed E-state index contributed by atoms with van der Waals surface area (Å²) >= 11 is 2.21. The third-order valence-corrected chi connectivity index (χ3v) is 3.94. The lowest BCUT2D eigenvalue weighted by Gasteiger charge is -2.19. The minimum atomic E-state index is -0.602. The molecule has 5 heteroatoms. The maximum absolute atomic E-state index is 14.1. The molecule has 1 atom stereocenters. The Bertz CT molecular complexity index is 600. The van der Waals surface area contributed by atoms with Gasteiger partial charge in [0.05, 0.1) is 6.04 Å². The second-order valence-corrected chi connectivity index (χ2v) is 5.89. The number of hydrazine groups is 1. The van der Waals surface area contributed by atoms with Gasteiger partial charge in [0.25, 0.3) is 0 Å². The Morgan fingerprint density at radius 3 is 2.40 bits per heavy atom. The Morgan fingerprint density at radius 1 is 1.15 bits per heavy atom. The summed E-state index contributed by atoms with van der Waals surface area (Å²) in [5.74, 6) is 4.36. The quantitative estimate of drug-likeness (QED) is 0.477. The number of hydrogen-bond donors (Lipinski definition) is 2. The van der Waals surface area contributed by atoms with Gasteiger partial charge in [0.2, 0.25) is 0 Å². The van der Waals surface area contributed by atoms with Crippen molar-refractivity contribution in [3.63, 3.8) is 0 Å². The lowest BCUT2D eigenvalue weighted by Crippen LogP contribution is -2.31. The highest BCUT2D eigenvalue weighted by Gasteiger charge is 2.21. The normalized spacial score (nSPS) is 12.4. The van der Waals surface area contributed by atoms with E-state index < -0.39 is 17.7 Å². The average molecular weight is 388 g/mol. The van der Waals surface area contributed by atoms with Crippen molar-refractivity contribution in [3.8, 4) is 0 Å². The summed E-state index contributed by atoms with van der Waals surface area (Å²) in [5.41, 5.74) is 3.87. The van der Waals surface area contributed by atoms with E-state index in [0.717, 1.165) is 9.13 Å². The fourth-order valence-corrected chi connectivity index (χ4v) is 2.46. The molecule has 0 amide bonds. The van der Waals surface area contributed by atoms with E-state index in [1.54, 1.807) is 6.92 Å². The summed E-state index contributed by atoms with van der Waals surface area (Å²) < 4.78 is 29.1. The molecule has 106 valence electrons. The van der Waals surface area contributed by atoms with Crippen LogP contribution in [0.4, 0.5) is 8.78 Å². The van der Waals surface area contributed by atoms with Gasteiger partial charge in [-0.3, -0.25) is 11.3 Å². The Hall–Kier alpha value is -1.05. The molecule has 0 bridgehead atoms. The molecule has 0 aliphatic rings. The summed E-state index contributed by atoms with van der Waals surface area (Å²) in [6, 6.07) is 9.85. The topological polar surface area (TPSA) is 38.0 Å². The molecule has 0 saturated carbocycles. The van der Waals surface area contributed by atoms with Crippen LogP contribution in [0.2, 0.25) is 0 Å². The van der Waals surface area contributed by atoms with Gasteiger partial charge in [-0.05, 0) is 65.3 Å². The fourth-order valence-electron chi connectivity index (χ4n) is 2.10. The van der Waals surface area contributed by atoms with Crippen molar-refractivity contribution in [1.29, 1.82) is 0 Å². The molecule has 2 aromatic carbocycles. The number of nitrogens with one attached hydrogen (secondary N) is 1. The lowest BCUT2D eigenvalue weighted by molar-refractivity contribution is 0.470. The van der Waals surface area contributed by atoms with E-state index in [9.17, 15) is 8.78 Å². The van der Waals surface area contributed by atoms with E-state index in [2.05, 4.69) is 28.0 Å². The van der Waals surface area contributed by atoms with Crippen molar-refractivity contribution in [2.24, 2.45) is 5.84 Å². The van der Waals surface area contributed by atoms with E-state index in [4.69, 9.17) is 5.84 Å². The van der Waals surface area contributed by atoms with Gasteiger partial charge in [0.1, 0.15) is 11.6 Å². The Balaban J connectivity index is 2.33. The lowest BCUT2D eigenvalue weighted by atomic mass is 9.97. The van der Waals surface area contributed by atoms with E-state index >= 15 is 0 Å². The van der Waals surface area contributed by atoms with Gasteiger partial charge in [-0.1, -0.05) is 18.2 Å². The molecule has 0 spiro atoms. The molecule has 20 heavy (non-hydrogen) atoms. The number of halogens is 3. The van der Waals surface area contributed by atoms with Crippen LogP contribution in [0, 0.1) is 22.1 Å². The predicted octanol–water partition coefficient (Wildman–Crippen LogP) is 3.62. The molecule has 0 saturated heterocycles. The maximum atomic E-state index is 14.1. The van der Waals surface area contributed by atoms with Gasteiger partial charge >= 0.3 is 0 Å². The van der Waals surface area contributed by atoms with Gasteiger partial charge in [-0.15, -0.1) is 0 Å². The monoisotopic (exact) mass is 388 g/mol. The fraction of sp³-hybridized carbons (Fsp3) is 0.200. The molecule has 0 aromatic heterocycles. The van der Waals surface area contributed by atoms with Crippen molar-refractivity contribution >= 4 is 22.6 Å². The highest BCUT2D eigenvalue weighted by molar-refractivity contribution is 14.1. The van der Waals surface area contributed by atoms with E-state index in [1.807, 2.05) is 24.3 Å². The zero-order valence-corrected chi connectivity index (χ0v) is 13.1. The van der Waals surface area contributed by atoms with Crippen molar-refractivity contribution in [1.82, 2.24) is 5.43 Å². The smallest absolute Gasteiger partial charge is 0.133 e. The summed E-state index contributed by atoms with van der Waals surface area (Å²) in [6.07, 6.45) is 0.421. The first kappa shape index (κ1) is 15.3. The Morgan fingerprint density at radius 2 is 1.80 bits per heavy atom. The van der Waals surface area contributed by atoms with E-state index in [1.165, 1.54) is 12.1 Å². The van der Waals surface area contributed by atoms with Crippen LogP contribution >= 0.6 is 22.6 Å². The summed E-state index contributed by atoms with van der Waals surface area (Å²) in [4.78, 5) is 0. The van der Waals surface area contributed by atoms with Gasteiger partial charge in [-0.25, -0.2) is 8.78 Å². The molecule has 2 rings (SSSR count). The first-order valence-electron chi connectivity index (χ1n) is 6.18. The summed E-state index contributed by atoms with van der Waals surface area (Å²) in [6.45, 7) is 1.61. The Labute approximate surface area is 130 Å². The predicted molar refractivity (Wildman–Crippen MR) is 84.0 cm³/mol. The second kappa shape index (κ2) is 6.60. The molecule has 2 nitrogen and oxygen atoms in total. The Kier molecular flexibility index (Phi) is 5.06. The molecule has 0 heterocycles. The number of benzene rings is 2. The number of rotatable bonds is 4. The van der Waals surface area contributed by atoms with Gasteiger partial charge in [0, 0.05) is 9.13 Å². The van der Waals surface area contributed by atoms with Crippen LogP contribution in [-0.4, -0.2) is 0 Å². The number of aryl methyl sites for hydroxylation is 1. The molecular weight excluding hydrogens is 373 g/mol. The maximum Gasteiger partial charge on any atom is 0.133 e. The van der Waals surface area contributed by atoms with Crippen LogP contribution in [0.1, 0.15) is 22.7 Å². The van der Waals surface area contributed by atoms with Gasteiger partial charge in [0.15, 0.2) is 0 Å². The molecule has 0 aliphatic heterocycles. The first-order valence-corrected chi connectivity index (χ1v) is 7.26. The minimum absolute atomic E-state index is 0.00829. The van der Waals surface area contributed by atoms with E-state index in [-0.39, 0.29) is 5.56 Å². The molecule has 0 aliphatic carbocycles. The molecule has 1 unspecified atom stereocenters. The highest BCUT2D eigenvalue weighted by atomic mass is 127. The highest BCUT2D eigenvalue weighted by Crippen LogP contribution is 2.25. The van der Waals surface area contributed by atoms with Crippen LogP contribution in [-0.2, 0) is 6.42 Å². The van der Waals surface area contributed by atoms with Crippen molar-refractivity contribution < 1.29 is 8.78 Å². The largest absolute Gasteiger partial charge is 0.271 e. The molecule has 3 N–H and O–H groups in total. The molecular formula is C15H15F2IN2. The molecule has 0 fully saturated rings. The van der Waals surface area contributed by atoms with Crippen molar-refractivity contribution in [2.75, 3.05) is 0 Å². The first-order chi connectivity index (χ1) is 9.52. The van der Waals surface area contributed by atoms with Crippen LogP contribution in [0.3, 0.4) is 0 Å². The van der Waals surface area contributed by atoms with Crippen molar-refractivity contribution in [2.45, 2.75) is 19.4 Å². The summed E-state index contributed by atoms with van der Waals surface area (Å²) in [7, 11) is 0. The SMILES string of the molecule is Cc1ccc(F)c(C(Cc2ccc(I)cc2)NN)c1F. The van der Waals surface area contributed by atoms with Crippen LogP contribution < -0.4 is 11.3 Å². The third kappa shape index (κ3) is 3.34. The standard InChI is InChI=1S/C15H15F2IN2/c1-9-2-7-12(16)14(15(9)17)13(20-19)8-10-3-5-11(18)6-4-10/h2-7,13,20H,8,19H2,1H3. The number of hydrogen-bond acceptors (Lipinski definition) is 2. The number of nitrogens with two attached hydrogens (primary N) is 1. The van der Waals surface area contributed by atoms with Crippen LogP contribution in [0.5, 0.6) is 0 Å². The zero-order chi connectivity index (χ0) is 14.7. The van der Waals surface area contributed by atoms with Gasteiger partial charge in [-0.2, -0.15) is 0 Å².